The molecule has 0 saturated heterocycles. The maximum atomic E-state index is 13.6. The molecular formula is C33H35NO6. The smallest absolute Gasteiger partial charge is 0.344 e. The third kappa shape index (κ3) is 5.98. The highest BCUT2D eigenvalue weighted by Gasteiger charge is 2.44. The predicted molar refractivity (Wildman–Crippen MR) is 156 cm³/mol. The summed E-state index contributed by atoms with van der Waals surface area (Å²) < 4.78 is 23.1. The fourth-order valence-corrected chi connectivity index (χ4v) is 5.16. The van der Waals surface area contributed by atoms with Crippen LogP contribution in [-0.2, 0) is 4.79 Å². The van der Waals surface area contributed by atoms with E-state index in [4.69, 9.17) is 18.6 Å². The lowest BCUT2D eigenvalue weighted by molar-refractivity contribution is -0.122. The SMILES string of the molecule is CCCCCCCCOc1ccc([C@H]2c3c(c4ccccc4oc3=O)O[C@@H]2C(=O)Nc2ccc(OC)cc2)cc1. The van der Waals surface area contributed by atoms with Crippen molar-refractivity contribution in [3.05, 3.63) is 94.3 Å². The maximum Gasteiger partial charge on any atom is 0.344 e. The molecule has 1 aliphatic heterocycles. The van der Waals surface area contributed by atoms with Crippen LogP contribution in [0, 0.1) is 0 Å². The van der Waals surface area contributed by atoms with Gasteiger partial charge in [0.1, 0.15) is 22.8 Å². The van der Waals surface area contributed by atoms with Crippen molar-refractivity contribution in [3.8, 4) is 17.2 Å². The summed E-state index contributed by atoms with van der Waals surface area (Å²) in [7, 11) is 1.59. The Balaban J connectivity index is 1.39. The molecule has 1 N–H and O–H groups in total. The zero-order valence-electron chi connectivity index (χ0n) is 23.0. The summed E-state index contributed by atoms with van der Waals surface area (Å²) in [5.74, 6) is 0.805. The minimum atomic E-state index is -0.972. The van der Waals surface area contributed by atoms with E-state index in [0.717, 1.165) is 24.2 Å². The van der Waals surface area contributed by atoms with Crippen molar-refractivity contribution in [2.45, 2.75) is 57.5 Å². The second-order valence-corrected chi connectivity index (χ2v) is 10.0. The summed E-state index contributed by atoms with van der Waals surface area (Å²) in [6.07, 6.45) is 6.22. The van der Waals surface area contributed by atoms with Gasteiger partial charge in [-0.1, -0.05) is 63.3 Å². The first-order valence-corrected chi connectivity index (χ1v) is 14.0. The average molecular weight is 542 g/mol. The zero-order chi connectivity index (χ0) is 27.9. The maximum absolute atomic E-state index is 13.6. The number of hydrogen-bond acceptors (Lipinski definition) is 6. The van der Waals surface area contributed by atoms with Gasteiger partial charge in [-0.3, -0.25) is 4.79 Å². The molecule has 0 spiro atoms. The van der Waals surface area contributed by atoms with Crippen molar-refractivity contribution in [2.24, 2.45) is 0 Å². The minimum Gasteiger partial charge on any atom is -0.497 e. The van der Waals surface area contributed by atoms with Gasteiger partial charge in [-0.05, 0) is 60.5 Å². The van der Waals surface area contributed by atoms with E-state index in [9.17, 15) is 9.59 Å². The molecule has 0 fully saturated rings. The third-order valence-electron chi connectivity index (χ3n) is 7.28. The van der Waals surface area contributed by atoms with Crippen LogP contribution < -0.4 is 25.2 Å². The highest BCUT2D eigenvalue weighted by Crippen LogP contribution is 2.44. The van der Waals surface area contributed by atoms with Crippen LogP contribution in [0.4, 0.5) is 5.69 Å². The molecule has 1 aliphatic rings. The zero-order valence-corrected chi connectivity index (χ0v) is 23.0. The van der Waals surface area contributed by atoms with Crippen LogP contribution in [0.3, 0.4) is 0 Å². The van der Waals surface area contributed by atoms with Gasteiger partial charge in [0, 0.05) is 5.69 Å². The number of carbonyl (C=O) groups excluding carboxylic acids is 1. The van der Waals surface area contributed by atoms with Crippen LogP contribution in [0.5, 0.6) is 17.2 Å². The van der Waals surface area contributed by atoms with Gasteiger partial charge in [0.05, 0.1) is 30.6 Å². The normalized spacial score (nSPS) is 15.8. The number of methoxy groups -OCH3 is 1. The molecule has 7 heteroatoms. The number of carbonyl (C=O) groups is 1. The average Bonchev–Trinajstić information content (AvgIpc) is 3.39. The van der Waals surface area contributed by atoms with E-state index in [2.05, 4.69) is 12.2 Å². The van der Waals surface area contributed by atoms with Gasteiger partial charge in [0.2, 0.25) is 0 Å². The number of hydrogen-bond donors (Lipinski definition) is 1. The van der Waals surface area contributed by atoms with E-state index in [1.54, 1.807) is 43.5 Å². The Labute approximate surface area is 234 Å². The minimum absolute atomic E-state index is 0.342. The van der Waals surface area contributed by atoms with Crippen molar-refractivity contribution >= 4 is 22.6 Å². The van der Waals surface area contributed by atoms with E-state index in [0.29, 0.717) is 40.3 Å². The molecule has 0 bridgehead atoms. The molecule has 0 saturated carbocycles. The summed E-state index contributed by atoms with van der Waals surface area (Å²) in [5.41, 5.74) is 1.61. The molecule has 2 atom stereocenters. The standard InChI is InChI=1S/C33H35NO6/c1-3-4-5-6-7-10-21-38-25-17-13-22(14-18-25)28-29-30(26-11-8-9-12-27(26)39-33(29)36)40-31(28)32(35)34-23-15-19-24(37-2)20-16-23/h8-9,11-20,28,31H,3-7,10,21H2,1-2H3,(H,34,35)/t28-,31-/m0/s1. The number of rotatable bonds is 12. The molecule has 1 aromatic heterocycles. The van der Waals surface area contributed by atoms with Crippen LogP contribution in [0.25, 0.3) is 11.0 Å². The molecule has 40 heavy (non-hydrogen) atoms. The van der Waals surface area contributed by atoms with Gasteiger partial charge in [0.25, 0.3) is 5.91 Å². The van der Waals surface area contributed by atoms with Crippen molar-refractivity contribution in [2.75, 3.05) is 19.0 Å². The monoisotopic (exact) mass is 541 g/mol. The van der Waals surface area contributed by atoms with Gasteiger partial charge in [-0.2, -0.15) is 0 Å². The molecule has 0 unspecified atom stereocenters. The number of para-hydroxylation sites is 1. The Bertz CT molecular complexity index is 1490. The third-order valence-corrected chi connectivity index (χ3v) is 7.28. The Morgan fingerprint density at radius 3 is 2.33 bits per heavy atom. The van der Waals surface area contributed by atoms with Crippen LogP contribution in [0.15, 0.2) is 82.0 Å². The summed E-state index contributed by atoms with van der Waals surface area (Å²) in [5, 5.41) is 3.58. The van der Waals surface area contributed by atoms with Gasteiger partial charge < -0.3 is 23.9 Å². The van der Waals surface area contributed by atoms with E-state index < -0.39 is 17.6 Å². The van der Waals surface area contributed by atoms with Gasteiger partial charge in [0.15, 0.2) is 6.10 Å². The van der Waals surface area contributed by atoms with Crippen molar-refractivity contribution in [1.82, 2.24) is 0 Å². The van der Waals surface area contributed by atoms with Gasteiger partial charge >= 0.3 is 5.63 Å². The number of anilines is 1. The quantitative estimate of drug-likeness (QED) is 0.152. The first kappa shape index (κ1) is 27.3. The Hall–Kier alpha value is -4.26. The van der Waals surface area contributed by atoms with Gasteiger partial charge in [-0.25, -0.2) is 4.79 Å². The van der Waals surface area contributed by atoms with Crippen molar-refractivity contribution in [1.29, 1.82) is 0 Å². The summed E-state index contributed by atoms with van der Waals surface area (Å²) in [6.45, 7) is 2.87. The number of ether oxygens (including phenoxy) is 3. The summed E-state index contributed by atoms with van der Waals surface area (Å²) in [6, 6.07) is 21.8. The van der Waals surface area contributed by atoms with Crippen LogP contribution in [-0.4, -0.2) is 25.7 Å². The highest BCUT2D eigenvalue weighted by atomic mass is 16.5. The van der Waals surface area contributed by atoms with Gasteiger partial charge in [-0.15, -0.1) is 0 Å². The predicted octanol–water partition coefficient (Wildman–Crippen LogP) is 7.07. The van der Waals surface area contributed by atoms with Crippen LogP contribution >= 0.6 is 0 Å². The molecular weight excluding hydrogens is 506 g/mol. The lowest BCUT2D eigenvalue weighted by atomic mass is 9.88. The van der Waals surface area contributed by atoms with E-state index in [1.165, 1.54) is 25.7 Å². The Morgan fingerprint density at radius 2 is 1.57 bits per heavy atom. The van der Waals surface area contributed by atoms with E-state index >= 15 is 0 Å². The lowest BCUT2D eigenvalue weighted by Gasteiger charge is -2.19. The van der Waals surface area contributed by atoms with Crippen molar-refractivity contribution in [3.63, 3.8) is 0 Å². The first-order chi connectivity index (χ1) is 19.6. The van der Waals surface area contributed by atoms with Crippen LogP contribution in [0.2, 0.25) is 0 Å². The number of unbranched alkanes of at least 4 members (excludes halogenated alkanes) is 5. The van der Waals surface area contributed by atoms with E-state index in [1.807, 2.05) is 36.4 Å². The number of amides is 1. The molecule has 2 heterocycles. The molecule has 4 aromatic rings. The summed E-state index contributed by atoms with van der Waals surface area (Å²) >= 11 is 0. The lowest BCUT2D eigenvalue weighted by Crippen LogP contribution is -2.35. The molecule has 5 rings (SSSR count). The number of fused-ring (bicyclic) bond motifs is 3. The Kier molecular flexibility index (Phi) is 8.69. The fourth-order valence-electron chi connectivity index (χ4n) is 5.16. The summed E-state index contributed by atoms with van der Waals surface area (Å²) in [4.78, 5) is 26.8. The van der Waals surface area contributed by atoms with Crippen molar-refractivity contribution < 1.29 is 23.4 Å². The number of benzene rings is 3. The number of nitrogens with one attached hydrogen (secondary N) is 1. The van der Waals surface area contributed by atoms with E-state index in [-0.39, 0.29) is 5.91 Å². The fraction of sp³-hybridized carbons (Fsp3) is 0.333. The largest absolute Gasteiger partial charge is 0.497 e. The highest BCUT2D eigenvalue weighted by molar-refractivity contribution is 5.97. The van der Waals surface area contributed by atoms with Crippen LogP contribution in [0.1, 0.15) is 62.5 Å². The first-order valence-electron chi connectivity index (χ1n) is 14.0. The molecule has 0 radical (unpaired) electrons. The molecule has 0 aliphatic carbocycles. The molecule has 208 valence electrons. The molecule has 1 amide bonds. The second-order valence-electron chi connectivity index (χ2n) is 10.0. The Morgan fingerprint density at radius 1 is 0.875 bits per heavy atom. The second kappa shape index (κ2) is 12.7. The molecule has 3 aromatic carbocycles. The topological polar surface area (TPSA) is 87.0 Å². The molecule has 7 nitrogen and oxygen atoms in total.